The van der Waals surface area contributed by atoms with Gasteiger partial charge in [-0.05, 0) is 40.5 Å². The summed E-state index contributed by atoms with van der Waals surface area (Å²) >= 11 is 4.66. The molecule has 0 bridgehead atoms. The zero-order valence-corrected chi connectivity index (χ0v) is 13.1. The third-order valence-corrected chi connectivity index (χ3v) is 4.18. The van der Waals surface area contributed by atoms with Gasteiger partial charge in [0.25, 0.3) is 0 Å². The van der Waals surface area contributed by atoms with E-state index in [2.05, 4.69) is 33.2 Å². The molecule has 0 fully saturated rings. The Balaban J connectivity index is 2.01. The number of benzene rings is 1. The van der Waals surface area contributed by atoms with Crippen LogP contribution in [0.2, 0.25) is 0 Å². The predicted octanol–water partition coefficient (Wildman–Crippen LogP) is 3.06. The minimum absolute atomic E-state index is 0.0170. The van der Waals surface area contributed by atoms with Gasteiger partial charge in [-0.3, -0.25) is 4.79 Å². The van der Waals surface area contributed by atoms with E-state index in [9.17, 15) is 4.79 Å². The smallest absolute Gasteiger partial charge is 0.304 e. The molecular weight excluding hydrogens is 328 g/mol. The standard InChI is InChI=1S/C13H15BrN2O2S/c1-8(15-6-10-7-19-13(17)16-10)9-3-4-12(18-2)11(14)5-9/h3-5,7-8,15H,6H2,1-2H3,(H,16,17). The fourth-order valence-electron chi connectivity index (χ4n) is 1.73. The number of H-pyrrole nitrogens is 1. The highest BCUT2D eigenvalue weighted by molar-refractivity contribution is 9.10. The molecule has 19 heavy (non-hydrogen) atoms. The van der Waals surface area contributed by atoms with Gasteiger partial charge in [0, 0.05) is 23.7 Å². The Morgan fingerprint density at radius 3 is 2.89 bits per heavy atom. The Bertz CT molecular complexity index is 609. The number of ether oxygens (including phenoxy) is 1. The summed E-state index contributed by atoms with van der Waals surface area (Å²) < 4.78 is 6.14. The molecule has 0 aliphatic heterocycles. The van der Waals surface area contributed by atoms with Crippen LogP contribution in [0.4, 0.5) is 0 Å². The molecule has 4 nitrogen and oxygen atoms in total. The number of hydrogen-bond donors (Lipinski definition) is 2. The van der Waals surface area contributed by atoms with Crippen LogP contribution in [-0.2, 0) is 6.54 Å². The number of hydrogen-bond acceptors (Lipinski definition) is 4. The van der Waals surface area contributed by atoms with Gasteiger partial charge in [0.15, 0.2) is 0 Å². The topological polar surface area (TPSA) is 54.1 Å². The SMILES string of the molecule is COc1ccc(C(C)NCc2csc(=O)[nH]2)cc1Br. The molecule has 0 saturated heterocycles. The minimum Gasteiger partial charge on any atom is -0.496 e. The second kappa shape index (κ2) is 6.36. The van der Waals surface area contributed by atoms with Crippen LogP contribution in [0.25, 0.3) is 0 Å². The maximum atomic E-state index is 11.0. The molecule has 6 heteroatoms. The summed E-state index contributed by atoms with van der Waals surface area (Å²) in [5.41, 5.74) is 2.07. The molecule has 0 aliphatic carbocycles. The van der Waals surface area contributed by atoms with Crippen molar-refractivity contribution in [1.82, 2.24) is 10.3 Å². The van der Waals surface area contributed by atoms with Crippen molar-refractivity contribution in [2.75, 3.05) is 7.11 Å². The number of nitrogens with one attached hydrogen (secondary N) is 2. The molecular formula is C13H15BrN2O2S. The van der Waals surface area contributed by atoms with Crippen molar-refractivity contribution >= 4 is 27.3 Å². The van der Waals surface area contributed by atoms with Gasteiger partial charge in [0.05, 0.1) is 11.6 Å². The lowest BCUT2D eigenvalue weighted by Gasteiger charge is -2.15. The maximum Gasteiger partial charge on any atom is 0.304 e. The molecule has 1 unspecified atom stereocenters. The van der Waals surface area contributed by atoms with E-state index in [1.165, 1.54) is 11.3 Å². The number of aromatic nitrogens is 1. The van der Waals surface area contributed by atoms with Gasteiger partial charge in [0.2, 0.25) is 0 Å². The first-order chi connectivity index (χ1) is 9.10. The summed E-state index contributed by atoms with van der Waals surface area (Å²) in [6, 6.07) is 6.18. The molecule has 1 atom stereocenters. The van der Waals surface area contributed by atoms with E-state index < -0.39 is 0 Å². The number of aromatic amines is 1. The van der Waals surface area contributed by atoms with Crippen LogP contribution in [0.5, 0.6) is 5.75 Å². The molecule has 2 rings (SSSR count). The van der Waals surface area contributed by atoms with E-state index >= 15 is 0 Å². The first kappa shape index (κ1) is 14.3. The largest absolute Gasteiger partial charge is 0.496 e. The molecule has 1 aromatic carbocycles. The zero-order chi connectivity index (χ0) is 13.8. The molecule has 0 saturated carbocycles. The predicted molar refractivity (Wildman–Crippen MR) is 80.9 cm³/mol. The molecule has 2 aromatic rings. The van der Waals surface area contributed by atoms with Gasteiger partial charge in [-0.15, -0.1) is 0 Å². The second-order valence-corrected chi connectivity index (χ2v) is 5.87. The van der Waals surface area contributed by atoms with Gasteiger partial charge >= 0.3 is 4.87 Å². The minimum atomic E-state index is -0.0170. The van der Waals surface area contributed by atoms with Crippen LogP contribution in [0.1, 0.15) is 24.2 Å². The number of methoxy groups -OCH3 is 1. The highest BCUT2D eigenvalue weighted by Gasteiger charge is 2.08. The van der Waals surface area contributed by atoms with Crippen molar-refractivity contribution in [1.29, 1.82) is 0 Å². The maximum absolute atomic E-state index is 11.0. The molecule has 0 aliphatic rings. The molecule has 102 valence electrons. The highest BCUT2D eigenvalue weighted by Crippen LogP contribution is 2.28. The monoisotopic (exact) mass is 342 g/mol. The lowest BCUT2D eigenvalue weighted by molar-refractivity contribution is 0.411. The van der Waals surface area contributed by atoms with Gasteiger partial charge in [-0.2, -0.15) is 0 Å². The first-order valence-electron chi connectivity index (χ1n) is 5.83. The summed E-state index contributed by atoms with van der Waals surface area (Å²) in [5.74, 6) is 0.818. The number of rotatable bonds is 5. The Labute approximate surface area is 124 Å². The van der Waals surface area contributed by atoms with Gasteiger partial charge < -0.3 is 15.0 Å². The van der Waals surface area contributed by atoms with Gasteiger partial charge in [0.1, 0.15) is 5.75 Å². The van der Waals surface area contributed by atoms with E-state index in [1.807, 2.05) is 23.6 Å². The summed E-state index contributed by atoms with van der Waals surface area (Å²) in [6.07, 6.45) is 0. The molecule has 1 heterocycles. The molecule has 2 N–H and O–H groups in total. The molecule has 0 amide bonds. The summed E-state index contributed by atoms with van der Waals surface area (Å²) in [7, 11) is 1.65. The number of thiazole rings is 1. The van der Waals surface area contributed by atoms with Gasteiger partial charge in [-0.25, -0.2) is 0 Å². The Kier molecular flexibility index (Phi) is 4.79. The lowest BCUT2D eigenvalue weighted by Crippen LogP contribution is -2.18. The zero-order valence-electron chi connectivity index (χ0n) is 10.7. The Morgan fingerprint density at radius 2 is 2.32 bits per heavy atom. The lowest BCUT2D eigenvalue weighted by atomic mass is 10.1. The van der Waals surface area contributed by atoms with Crippen molar-refractivity contribution in [3.63, 3.8) is 0 Å². The Hall–Kier alpha value is -1.11. The van der Waals surface area contributed by atoms with Crippen molar-refractivity contribution in [2.45, 2.75) is 19.5 Å². The quantitative estimate of drug-likeness (QED) is 0.877. The first-order valence-corrected chi connectivity index (χ1v) is 7.51. The molecule has 0 spiro atoms. The van der Waals surface area contributed by atoms with Crippen LogP contribution in [0.3, 0.4) is 0 Å². The summed E-state index contributed by atoms with van der Waals surface area (Å²) in [5, 5.41) is 5.21. The number of halogens is 1. The van der Waals surface area contributed by atoms with Crippen molar-refractivity contribution in [2.24, 2.45) is 0 Å². The van der Waals surface area contributed by atoms with Gasteiger partial charge in [-0.1, -0.05) is 17.4 Å². The average Bonchev–Trinajstić information content (AvgIpc) is 2.81. The molecule has 0 radical (unpaired) electrons. The molecule has 1 aromatic heterocycles. The van der Waals surface area contributed by atoms with E-state index in [1.54, 1.807) is 7.11 Å². The van der Waals surface area contributed by atoms with E-state index in [-0.39, 0.29) is 10.9 Å². The third-order valence-electron chi connectivity index (χ3n) is 2.85. The second-order valence-electron chi connectivity index (χ2n) is 4.17. The highest BCUT2D eigenvalue weighted by atomic mass is 79.9. The van der Waals surface area contributed by atoms with E-state index in [4.69, 9.17) is 4.74 Å². The Morgan fingerprint density at radius 1 is 1.53 bits per heavy atom. The van der Waals surface area contributed by atoms with Crippen LogP contribution >= 0.6 is 27.3 Å². The third kappa shape index (κ3) is 3.68. The van der Waals surface area contributed by atoms with E-state index in [0.29, 0.717) is 6.54 Å². The van der Waals surface area contributed by atoms with Crippen LogP contribution in [0, 0.1) is 0 Å². The van der Waals surface area contributed by atoms with Crippen molar-refractivity contribution in [3.05, 3.63) is 49.0 Å². The van der Waals surface area contributed by atoms with Crippen molar-refractivity contribution in [3.8, 4) is 5.75 Å². The summed E-state index contributed by atoms with van der Waals surface area (Å²) in [4.78, 5) is 13.8. The van der Waals surface area contributed by atoms with Crippen molar-refractivity contribution < 1.29 is 4.74 Å². The normalized spacial score (nSPS) is 12.4. The summed E-state index contributed by atoms with van der Waals surface area (Å²) in [6.45, 7) is 2.72. The van der Waals surface area contributed by atoms with Crippen LogP contribution in [0.15, 0.2) is 32.8 Å². The van der Waals surface area contributed by atoms with E-state index in [0.717, 1.165) is 21.5 Å². The fraction of sp³-hybridized carbons (Fsp3) is 0.308. The fourth-order valence-corrected chi connectivity index (χ4v) is 2.87. The van der Waals surface area contributed by atoms with Crippen LogP contribution < -0.4 is 14.9 Å². The average molecular weight is 343 g/mol. The van der Waals surface area contributed by atoms with Crippen LogP contribution in [-0.4, -0.2) is 12.1 Å².